The van der Waals surface area contributed by atoms with Gasteiger partial charge in [0.25, 0.3) is 0 Å². The molecule has 6 N–H and O–H groups in total. The van der Waals surface area contributed by atoms with Crippen LogP contribution in [-0.4, -0.2) is 119 Å². The molecule has 0 radical (unpaired) electrons. The zero-order valence-corrected chi connectivity index (χ0v) is 3.84. The molecular formula is H9B2KMgO6. The van der Waals surface area contributed by atoms with Gasteiger partial charge in [-0.05, 0) is 0 Å². The molecule has 0 saturated carbocycles. The van der Waals surface area contributed by atoms with Crippen LogP contribution >= 0.6 is 0 Å². The largest absolute Gasteiger partial charge is 0.316 e. The summed E-state index contributed by atoms with van der Waals surface area (Å²) >= 11 is 0. The van der Waals surface area contributed by atoms with Crippen molar-refractivity contribution >= 4 is 89.1 Å². The Morgan fingerprint density at radius 3 is 0.600 bits per heavy atom. The summed E-state index contributed by atoms with van der Waals surface area (Å²) in [6.45, 7) is 0. The number of hydrogen-bond donors (Lipinski definition) is 6. The van der Waals surface area contributed by atoms with Crippen LogP contribution in [0.2, 0.25) is 0 Å². The molecular weight excluding hydrogens is 181 g/mol. The third-order valence-corrected chi connectivity index (χ3v) is 0. The van der Waals surface area contributed by atoms with Crippen molar-refractivity contribution in [1.29, 1.82) is 0 Å². The van der Waals surface area contributed by atoms with Crippen molar-refractivity contribution in [3.8, 4) is 0 Å². The van der Waals surface area contributed by atoms with Crippen LogP contribution < -0.4 is 0 Å². The van der Waals surface area contributed by atoms with E-state index in [4.69, 9.17) is 30.1 Å². The molecule has 10 heavy (non-hydrogen) atoms. The summed E-state index contributed by atoms with van der Waals surface area (Å²) in [5.74, 6) is 0. The maximum atomic E-state index is 7.17. The van der Waals surface area contributed by atoms with Crippen LogP contribution in [-0.2, 0) is 0 Å². The van der Waals surface area contributed by atoms with Crippen molar-refractivity contribution in [1.82, 2.24) is 0 Å². The van der Waals surface area contributed by atoms with Gasteiger partial charge < -0.3 is 30.1 Å². The van der Waals surface area contributed by atoms with Crippen LogP contribution in [0.3, 0.4) is 0 Å². The minimum absolute atomic E-state index is 0. The van der Waals surface area contributed by atoms with Gasteiger partial charge in [-0.2, -0.15) is 0 Å². The van der Waals surface area contributed by atoms with Gasteiger partial charge in [-0.15, -0.1) is 0 Å². The molecule has 0 aromatic heterocycles. The topological polar surface area (TPSA) is 121 Å². The molecule has 0 aliphatic carbocycles. The first-order chi connectivity index (χ1) is 3.46. The molecule has 0 aliphatic rings. The average Bonchev–Trinajstić information content (AvgIpc) is 1.25. The third kappa shape index (κ3) is 169. The van der Waals surface area contributed by atoms with Gasteiger partial charge >= 0.3 is 89.1 Å². The second-order valence-electron chi connectivity index (χ2n) is 0.693. The molecule has 6 nitrogen and oxygen atoms in total. The van der Waals surface area contributed by atoms with E-state index in [-0.39, 0.29) is 74.4 Å². The average molecular weight is 190 g/mol. The van der Waals surface area contributed by atoms with E-state index in [0.29, 0.717) is 0 Å². The molecule has 0 bridgehead atoms. The van der Waals surface area contributed by atoms with Crippen LogP contribution in [0.5, 0.6) is 0 Å². The van der Waals surface area contributed by atoms with Crippen molar-refractivity contribution in [2.45, 2.75) is 0 Å². The Morgan fingerprint density at radius 1 is 0.600 bits per heavy atom. The zero-order chi connectivity index (χ0) is 7.15. The van der Waals surface area contributed by atoms with Crippen molar-refractivity contribution in [2.75, 3.05) is 0 Å². The van der Waals surface area contributed by atoms with E-state index >= 15 is 0 Å². The van der Waals surface area contributed by atoms with Crippen molar-refractivity contribution in [3.05, 3.63) is 0 Å². The van der Waals surface area contributed by atoms with E-state index in [1.165, 1.54) is 0 Å². The van der Waals surface area contributed by atoms with Gasteiger partial charge in [0, 0.05) is 0 Å². The first kappa shape index (κ1) is 22.8. The summed E-state index contributed by atoms with van der Waals surface area (Å²) in [4.78, 5) is 0. The van der Waals surface area contributed by atoms with Crippen LogP contribution in [0.1, 0.15) is 0 Å². The molecule has 0 aromatic carbocycles. The second-order valence-corrected chi connectivity index (χ2v) is 0.693. The van der Waals surface area contributed by atoms with Crippen molar-refractivity contribution in [2.24, 2.45) is 0 Å². The van der Waals surface area contributed by atoms with Crippen LogP contribution in [0.15, 0.2) is 0 Å². The Morgan fingerprint density at radius 2 is 0.600 bits per heavy atom. The quantitative estimate of drug-likeness (QED) is 0.212. The Kier molecular flexibility index (Phi) is 39.7. The molecule has 0 amide bonds. The predicted octanol–water partition coefficient (Wildman–Crippen LogP) is -5.67. The van der Waals surface area contributed by atoms with Gasteiger partial charge in [0.1, 0.15) is 0 Å². The molecule has 0 heterocycles. The standard InChI is InChI=1S/2BH3O3.K.Mg.3H/c2*2-1(3)4;;;;;/h2*2-4H;;;;;. The maximum Gasteiger partial charge on any atom is 0.316 e. The molecule has 0 rings (SSSR count). The molecule has 0 unspecified atom stereocenters. The fraction of sp³-hybridized carbons (Fsp3) is 0. The monoisotopic (exact) mass is 190 g/mol. The first-order valence-corrected chi connectivity index (χ1v) is 1.55. The van der Waals surface area contributed by atoms with Crippen LogP contribution in [0.4, 0.5) is 0 Å². The molecule has 0 aliphatic heterocycles. The molecule has 0 fully saturated rings. The summed E-state index contributed by atoms with van der Waals surface area (Å²) in [6, 6.07) is 0. The number of hydrogen-bond acceptors (Lipinski definition) is 6. The summed E-state index contributed by atoms with van der Waals surface area (Å²) in [5.41, 5.74) is 0. The molecule has 0 spiro atoms. The Bertz CT molecular complexity index is 31.2. The van der Waals surface area contributed by atoms with E-state index in [0.717, 1.165) is 0 Å². The van der Waals surface area contributed by atoms with Crippen molar-refractivity contribution in [3.63, 3.8) is 0 Å². The second kappa shape index (κ2) is 17.4. The Hall–Kier alpha value is 2.29. The smallest absolute Gasteiger partial charge is 0.316 e. The van der Waals surface area contributed by atoms with E-state index < -0.39 is 14.6 Å². The molecule has 0 atom stereocenters. The van der Waals surface area contributed by atoms with Crippen molar-refractivity contribution < 1.29 is 30.1 Å². The van der Waals surface area contributed by atoms with Crippen LogP contribution in [0, 0.1) is 0 Å². The van der Waals surface area contributed by atoms with Gasteiger partial charge in [0.05, 0.1) is 0 Å². The van der Waals surface area contributed by atoms with Gasteiger partial charge in [-0.25, -0.2) is 0 Å². The van der Waals surface area contributed by atoms with E-state index in [1.807, 2.05) is 0 Å². The van der Waals surface area contributed by atoms with Gasteiger partial charge in [-0.3, -0.25) is 0 Å². The maximum absolute atomic E-state index is 7.17. The number of rotatable bonds is 0. The minimum atomic E-state index is -2.17. The van der Waals surface area contributed by atoms with Gasteiger partial charge in [0.2, 0.25) is 0 Å². The molecule has 0 saturated heterocycles. The van der Waals surface area contributed by atoms with Crippen LogP contribution in [0.25, 0.3) is 0 Å². The van der Waals surface area contributed by atoms with Gasteiger partial charge in [-0.1, -0.05) is 0 Å². The third-order valence-electron chi connectivity index (χ3n) is 0. The SMILES string of the molecule is OB(O)O.OB(O)O.[KH].[MgH2]. The Balaban J connectivity index is -0.0000000300. The zero-order valence-electron chi connectivity index (χ0n) is 3.84. The van der Waals surface area contributed by atoms with E-state index in [9.17, 15) is 0 Å². The first-order valence-electron chi connectivity index (χ1n) is 1.55. The summed E-state index contributed by atoms with van der Waals surface area (Å²) < 4.78 is 0. The fourth-order valence-electron chi connectivity index (χ4n) is 0. The summed E-state index contributed by atoms with van der Waals surface area (Å²) in [5, 5.41) is 43.0. The van der Waals surface area contributed by atoms with E-state index in [1.54, 1.807) is 0 Å². The summed E-state index contributed by atoms with van der Waals surface area (Å²) in [6.07, 6.45) is 0. The predicted molar refractivity (Wildman–Crippen MR) is 40.5 cm³/mol. The molecule has 10 heteroatoms. The minimum Gasteiger partial charge on any atom is 0.316 e. The summed E-state index contributed by atoms with van der Waals surface area (Å²) in [7, 11) is -4.33. The Labute approximate surface area is 117 Å². The normalized spacial score (nSPS) is 5.40. The molecule has 0 aromatic rings. The van der Waals surface area contributed by atoms with E-state index in [2.05, 4.69) is 0 Å². The van der Waals surface area contributed by atoms with Gasteiger partial charge in [0.15, 0.2) is 0 Å². The molecule has 54 valence electrons. The fourth-order valence-corrected chi connectivity index (χ4v) is 0.